The quantitative estimate of drug-likeness (QED) is 0.759. The van der Waals surface area contributed by atoms with Gasteiger partial charge in [-0.05, 0) is 37.1 Å². The summed E-state index contributed by atoms with van der Waals surface area (Å²) in [5, 5.41) is 10.9. The Kier molecular flexibility index (Phi) is 5.76. The van der Waals surface area contributed by atoms with Crippen LogP contribution in [0.1, 0.15) is 23.3 Å². The molecule has 134 valence electrons. The monoisotopic (exact) mass is 350 g/mol. The van der Waals surface area contributed by atoms with Gasteiger partial charge in [-0.15, -0.1) is 0 Å². The molecule has 3 aromatic rings. The lowest BCUT2D eigenvalue weighted by Gasteiger charge is -2.17. The molecular weight excluding hydrogens is 328 g/mol. The van der Waals surface area contributed by atoms with Crippen LogP contribution in [0.15, 0.2) is 54.9 Å². The Hall–Kier alpha value is -2.99. The van der Waals surface area contributed by atoms with Gasteiger partial charge in [0.25, 0.3) is 5.91 Å². The number of benzene rings is 1. The van der Waals surface area contributed by atoms with Gasteiger partial charge in [0.05, 0.1) is 11.2 Å². The lowest BCUT2D eigenvalue weighted by atomic mass is 10.2. The van der Waals surface area contributed by atoms with Crippen molar-refractivity contribution in [3.8, 4) is 0 Å². The number of rotatable bonds is 3. The summed E-state index contributed by atoms with van der Waals surface area (Å²) in [6, 6.07) is 13.4. The molecule has 1 aliphatic rings. The number of carbonyl (C=O) groups excluding carboxylic acids is 1. The maximum atomic E-state index is 12.6. The molecule has 0 saturated carbocycles. The van der Waals surface area contributed by atoms with E-state index in [0.29, 0.717) is 11.4 Å². The third kappa shape index (κ3) is 3.81. The largest absolute Gasteiger partial charge is 0.400 e. The molecule has 1 aliphatic heterocycles. The molecule has 3 heterocycles. The molecule has 0 radical (unpaired) electrons. The van der Waals surface area contributed by atoms with Gasteiger partial charge in [0.15, 0.2) is 0 Å². The number of nitrogens with one attached hydrogen (secondary N) is 1. The van der Waals surface area contributed by atoms with E-state index in [2.05, 4.69) is 20.2 Å². The predicted molar refractivity (Wildman–Crippen MR) is 104 cm³/mol. The van der Waals surface area contributed by atoms with Gasteiger partial charge in [0.2, 0.25) is 0 Å². The van der Waals surface area contributed by atoms with Crippen LogP contribution in [0.3, 0.4) is 0 Å². The Bertz CT molecular complexity index is 886. The first-order valence-electron chi connectivity index (χ1n) is 8.62. The van der Waals surface area contributed by atoms with E-state index >= 15 is 0 Å². The summed E-state index contributed by atoms with van der Waals surface area (Å²) in [6.45, 7) is 2.08. The summed E-state index contributed by atoms with van der Waals surface area (Å²) in [5.41, 5.74) is 2.96. The molecule has 0 spiro atoms. The highest BCUT2D eigenvalue weighted by molar-refractivity contribution is 6.07. The SMILES string of the molecule is CO.O=C(Nc1cccc2cccnc12)c1cc(N2CCCC2)ccn1. The number of fused-ring (bicyclic) bond motifs is 1. The molecule has 1 amide bonds. The highest BCUT2D eigenvalue weighted by Gasteiger charge is 2.15. The zero-order valence-electron chi connectivity index (χ0n) is 14.7. The van der Waals surface area contributed by atoms with Crippen LogP contribution in [0, 0.1) is 0 Å². The second-order valence-electron chi connectivity index (χ2n) is 5.93. The van der Waals surface area contributed by atoms with Crippen LogP contribution in [0.25, 0.3) is 10.9 Å². The van der Waals surface area contributed by atoms with Crippen molar-refractivity contribution in [3.63, 3.8) is 0 Å². The number of aliphatic hydroxyl groups is 1. The Balaban J connectivity index is 0.000000948. The Morgan fingerprint density at radius 2 is 1.81 bits per heavy atom. The van der Waals surface area contributed by atoms with Gasteiger partial charge in [0, 0.05) is 43.7 Å². The maximum Gasteiger partial charge on any atom is 0.274 e. The van der Waals surface area contributed by atoms with E-state index in [1.54, 1.807) is 12.4 Å². The Labute approximate surface area is 152 Å². The number of hydrogen-bond donors (Lipinski definition) is 2. The average molecular weight is 350 g/mol. The molecule has 2 N–H and O–H groups in total. The van der Waals surface area contributed by atoms with E-state index in [1.807, 2.05) is 42.5 Å². The standard InChI is InChI=1S/C19H18N4O.CH4O/c24-19(17-13-15(8-10-20-17)23-11-1-2-12-23)22-16-7-3-5-14-6-4-9-21-18(14)16;1-2/h3-10,13H,1-2,11-12H2,(H,22,24);2H,1H3. The average Bonchev–Trinajstić information content (AvgIpc) is 3.25. The summed E-state index contributed by atoms with van der Waals surface area (Å²) < 4.78 is 0. The molecule has 0 aliphatic carbocycles. The molecule has 1 saturated heterocycles. The molecule has 0 unspecified atom stereocenters. The van der Waals surface area contributed by atoms with Gasteiger partial charge in [0.1, 0.15) is 5.69 Å². The first kappa shape index (κ1) is 17.8. The fourth-order valence-electron chi connectivity index (χ4n) is 3.11. The topological polar surface area (TPSA) is 78.3 Å². The lowest BCUT2D eigenvalue weighted by molar-refractivity contribution is 0.102. The van der Waals surface area contributed by atoms with Crippen molar-refractivity contribution in [3.05, 3.63) is 60.6 Å². The van der Waals surface area contributed by atoms with E-state index in [0.717, 1.165) is 36.8 Å². The summed E-state index contributed by atoms with van der Waals surface area (Å²) in [7, 11) is 1.00. The summed E-state index contributed by atoms with van der Waals surface area (Å²) in [5.74, 6) is -0.214. The van der Waals surface area contributed by atoms with Gasteiger partial charge in [-0.25, -0.2) is 0 Å². The number of hydrogen-bond acceptors (Lipinski definition) is 5. The van der Waals surface area contributed by atoms with Crippen molar-refractivity contribution in [2.24, 2.45) is 0 Å². The lowest BCUT2D eigenvalue weighted by Crippen LogP contribution is -2.19. The number of nitrogens with zero attached hydrogens (tertiary/aromatic N) is 3. The first-order valence-corrected chi connectivity index (χ1v) is 8.62. The van der Waals surface area contributed by atoms with E-state index in [-0.39, 0.29) is 5.91 Å². The van der Waals surface area contributed by atoms with Crippen molar-refractivity contribution in [1.29, 1.82) is 0 Å². The molecule has 6 nitrogen and oxygen atoms in total. The van der Waals surface area contributed by atoms with E-state index in [4.69, 9.17) is 5.11 Å². The van der Waals surface area contributed by atoms with Gasteiger partial charge in [-0.1, -0.05) is 18.2 Å². The second-order valence-corrected chi connectivity index (χ2v) is 5.93. The predicted octanol–water partition coefficient (Wildman–Crippen LogP) is 3.09. The molecule has 6 heteroatoms. The van der Waals surface area contributed by atoms with Crippen LogP contribution in [0.2, 0.25) is 0 Å². The summed E-state index contributed by atoms with van der Waals surface area (Å²) in [4.78, 5) is 23.5. The molecule has 0 bridgehead atoms. The van der Waals surface area contributed by atoms with Crippen LogP contribution in [0.5, 0.6) is 0 Å². The third-order valence-corrected chi connectivity index (χ3v) is 4.33. The number of carbonyl (C=O) groups is 1. The van der Waals surface area contributed by atoms with Crippen molar-refractivity contribution < 1.29 is 9.90 Å². The Morgan fingerprint density at radius 1 is 1.04 bits per heavy atom. The smallest absolute Gasteiger partial charge is 0.274 e. The van der Waals surface area contributed by atoms with Gasteiger partial charge < -0.3 is 15.3 Å². The van der Waals surface area contributed by atoms with E-state index in [1.165, 1.54) is 12.8 Å². The van der Waals surface area contributed by atoms with Crippen molar-refractivity contribution in [2.45, 2.75) is 12.8 Å². The highest BCUT2D eigenvalue weighted by atomic mass is 16.2. The van der Waals surface area contributed by atoms with Gasteiger partial charge >= 0.3 is 0 Å². The number of amides is 1. The first-order chi connectivity index (χ1) is 12.8. The molecule has 0 atom stereocenters. The molecule has 4 rings (SSSR count). The van der Waals surface area contributed by atoms with Crippen LogP contribution in [-0.4, -0.2) is 41.2 Å². The van der Waals surface area contributed by atoms with Crippen molar-refractivity contribution >= 4 is 28.2 Å². The molecule has 1 aromatic carbocycles. The number of aromatic nitrogens is 2. The normalized spacial score (nSPS) is 13.2. The fraction of sp³-hybridized carbons (Fsp3) is 0.250. The van der Waals surface area contributed by atoms with Crippen LogP contribution >= 0.6 is 0 Å². The Morgan fingerprint density at radius 3 is 2.62 bits per heavy atom. The molecule has 1 fully saturated rings. The van der Waals surface area contributed by atoms with Gasteiger partial charge in [-0.3, -0.25) is 14.8 Å². The highest BCUT2D eigenvalue weighted by Crippen LogP contribution is 2.23. The molecule has 2 aromatic heterocycles. The molecular formula is C20H22N4O2. The summed E-state index contributed by atoms with van der Waals surface area (Å²) in [6.07, 6.45) is 5.82. The zero-order chi connectivity index (χ0) is 18.4. The second kappa shape index (κ2) is 8.40. The minimum Gasteiger partial charge on any atom is -0.400 e. The van der Waals surface area contributed by atoms with Crippen molar-refractivity contribution in [1.82, 2.24) is 9.97 Å². The minimum atomic E-state index is -0.214. The number of anilines is 2. The third-order valence-electron chi connectivity index (χ3n) is 4.33. The van der Waals surface area contributed by atoms with E-state index < -0.39 is 0 Å². The zero-order valence-corrected chi connectivity index (χ0v) is 14.7. The van der Waals surface area contributed by atoms with E-state index in [9.17, 15) is 4.79 Å². The summed E-state index contributed by atoms with van der Waals surface area (Å²) >= 11 is 0. The number of para-hydroxylation sites is 1. The maximum absolute atomic E-state index is 12.6. The molecule has 26 heavy (non-hydrogen) atoms. The number of aliphatic hydroxyl groups excluding tert-OH is 1. The fourth-order valence-corrected chi connectivity index (χ4v) is 3.11. The van der Waals surface area contributed by atoms with Crippen molar-refractivity contribution in [2.75, 3.05) is 30.4 Å². The van der Waals surface area contributed by atoms with Crippen LogP contribution in [0.4, 0.5) is 11.4 Å². The minimum absolute atomic E-state index is 0.214. The van der Waals surface area contributed by atoms with Crippen LogP contribution in [-0.2, 0) is 0 Å². The number of pyridine rings is 2. The van der Waals surface area contributed by atoms with Gasteiger partial charge in [-0.2, -0.15) is 0 Å². The van der Waals surface area contributed by atoms with Crippen LogP contribution < -0.4 is 10.2 Å².